The third kappa shape index (κ3) is 4.01. The van der Waals surface area contributed by atoms with Gasteiger partial charge in [-0.15, -0.1) is 0 Å². The molecule has 0 aliphatic carbocycles. The molecular formula is C9H14BrN3O2. The van der Waals surface area contributed by atoms with Gasteiger partial charge >= 0.3 is 0 Å². The molecule has 0 aliphatic heterocycles. The maximum Gasteiger partial charge on any atom is 0.224 e. The molecule has 0 saturated carbocycles. The number of amides is 1. The van der Waals surface area contributed by atoms with Gasteiger partial charge < -0.3 is 10.4 Å². The highest BCUT2D eigenvalue weighted by molar-refractivity contribution is 9.10. The van der Waals surface area contributed by atoms with Gasteiger partial charge in [0.1, 0.15) is 0 Å². The molecule has 0 aliphatic rings. The van der Waals surface area contributed by atoms with Crippen LogP contribution < -0.4 is 5.32 Å². The maximum atomic E-state index is 11.4. The van der Waals surface area contributed by atoms with Crippen LogP contribution in [-0.2, 0) is 11.3 Å². The van der Waals surface area contributed by atoms with E-state index in [1.165, 1.54) is 0 Å². The first-order valence-corrected chi connectivity index (χ1v) is 5.49. The fourth-order valence-corrected chi connectivity index (χ4v) is 1.48. The Labute approximate surface area is 96.6 Å². The van der Waals surface area contributed by atoms with Crippen LogP contribution in [0.3, 0.4) is 0 Å². The van der Waals surface area contributed by atoms with E-state index in [2.05, 4.69) is 26.3 Å². The number of carbonyl (C=O) groups is 1. The van der Waals surface area contributed by atoms with Gasteiger partial charge in [-0.05, 0) is 15.9 Å². The highest BCUT2D eigenvalue weighted by Crippen LogP contribution is 2.08. The van der Waals surface area contributed by atoms with Crippen molar-refractivity contribution in [2.24, 2.45) is 5.92 Å². The summed E-state index contributed by atoms with van der Waals surface area (Å²) in [5.74, 6) is -0.237. The standard InChI is InChI=1S/C9H14BrN3O2/c1-7(9(15)11-2-3-14)5-13-6-8(10)4-12-13/h4,6-7,14H,2-3,5H2,1H3,(H,11,15). The molecule has 0 bridgehead atoms. The van der Waals surface area contributed by atoms with Crippen LogP contribution >= 0.6 is 15.9 Å². The number of halogens is 1. The SMILES string of the molecule is CC(Cn1cc(Br)cn1)C(=O)NCCO. The predicted molar refractivity (Wildman–Crippen MR) is 59.2 cm³/mol. The summed E-state index contributed by atoms with van der Waals surface area (Å²) in [5.41, 5.74) is 0. The van der Waals surface area contributed by atoms with E-state index in [9.17, 15) is 4.79 Å². The molecule has 15 heavy (non-hydrogen) atoms. The molecule has 0 saturated heterocycles. The first-order chi connectivity index (χ1) is 7.13. The van der Waals surface area contributed by atoms with Crippen molar-refractivity contribution in [1.82, 2.24) is 15.1 Å². The van der Waals surface area contributed by atoms with E-state index >= 15 is 0 Å². The van der Waals surface area contributed by atoms with E-state index in [-0.39, 0.29) is 18.4 Å². The van der Waals surface area contributed by atoms with Gasteiger partial charge in [0.2, 0.25) is 5.91 Å². The molecule has 5 nitrogen and oxygen atoms in total. The normalized spacial score (nSPS) is 12.5. The van der Waals surface area contributed by atoms with E-state index < -0.39 is 0 Å². The Kier molecular flexibility index (Phi) is 4.77. The van der Waals surface area contributed by atoms with Crippen LogP contribution in [0.5, 0.6) is 0 Å². The van der Waals surface area contributed by atoms with E-state index in [0.29, 0.717) is 13.1 Å². The minimum atomic E-state index is -0.164. The second-order valence-electron chi connectivity index (χ2n) is 3.30. The Hall–Kier alpha value is -0.880. The van der Waals surface area contributed by atoms with Gasteiger partial charge in [-0.3, -0.25) is 9.48 Å². The van der Waals surface area contributed by atoms with E-state index in [1.807, 2.05) is 13.1 Å². The first kappa shape index (κ1) is 12.2. The quantitative estimate of drug-likeness (QED) is 0.817. The predicted octanol–water partition coefficient (Wildman–Crippen LogP) is 0.390. The van der Waals surface area contributed by atoms with Gasteiger partial charge in [0.05, 0.1) is 29.7 Å². The smallest absolute Gasteiger partial charge is 0.224 e. The van der Waals surface area contributed by atoms with Gasteiger partial charge in [0, 0.05) is 12.7 Å². The fourth-order valence-electron chi connectivity index (χ4n) is 1.16. The lowest BCUT2D eigenvalue weighted by Gasteiger charge is -2.11. The van der Waals surface area contributed by atoms with Crippen LogP contribution in [0.15, 0.2) is 16.9 Å². The third-order valence-electron chi connectivity index (χ3n) is 1.92. The molecule has 0 fully saturated rings. The Balaban J connectivity index is 2.41. The number of nitrogens with one attached hydrogen (secondary N) is 1. The van der Waals surface area contributed by atoms with Crippen LogP contribution in [0.2, 0.25) is 0 Å². The second kappa shape index (κ2) is 5.87. The summed E-state index contributed by atoms with van der Waals surface area (Å²) in [6, 6.07) is 0. The highest BCUT2D eigenvalue weighted by atomic mass is 79.9. The molecule has 84 valence electrons. The van der Waals surface area contributed by atoms with Crippen LogP contribution in [0.1, 0.15) is 6.92 Å². The van der Waals surface area contributed by atoms with Crippen molar-refractivity contribution in [1.29, 1.82) is 0 Å². The first-order valence-electron chi connectivity index (χ1n) is 4.70. The molecule has 1 rings (SSSR count). The molecule has 1 unspecified atom stereocenters. The van der Waals surface area contributed by atoms with E-state index in [4.69, 9.17) is 5.11 Å². The average Bonchev–Trinajstić information content (AvgIpc) is 2.60. The summed E-state index contributed by atoms with van der Waals surface area (Å²) in [7, 11) is 0. The van der Waals surface area contributed by atoms with Gasteiger partial charge in [-0.1, -0.05) is 6.92 Å². The number of nitrogens with zero attached hydrogens (tertiary/aromatic N) is 2. The number of aliphatic hydroxyl groups is 1. The summed E-state index contributed by atoms with van der Waals surface area (Å²) in [6.07, 6.45) is 3.49. The molecule has 0 radical (unpaired) electrons. The Morgan fingerprint density at radius 2 is 2.53 bits per heavy atom. The average molecular weight is 276 g/mol. The molecule has 1 aromatic rings. The lowest BCUT2D eigenvalue weighted by atomic mass is 10.1. The monoisotopic (exact) mass is 275 g/mol. The van der Waals surface area contributed by atoms with E-state index in [1.54, 1.807) is 10.9 Å². The molecule has 2 N–H and O–H groups in total. The largest absolute Gasteiger partial charge is 0.395 e. The lowest BCUT2D eigenvalue weighted by molar-refractivity contribution is -0.125. The number of rotatable bonds is 5. The summed E-state index contributed by atoms with van der Waals surface area (Å²) >= 11 is 3.28. The summed E-state index contributed by atoms with van der Waals surface area (Å²) < 4.78 is 2.60. The zero-order valence-electron chi connectivity index (χ0n) is 8.48. The van der Waals surface area contributed by atoms with Crippen LogP contribution in [0, 0.1) is 5.92 Å². The van der Waals surface area contributed by atoms with E-state index in [0.717, 1.165) is 4.47 Å². The zero-order chi connectivity index (χ0) is 11.3. The summed E-state index contributed by atoms with van der Waals surface area (Å²) in [6.45, 7) is 2.61. The van der Waals surface area contributed by atoms with Gasteiger partial charge in [-0.25, -0.2) is 0 Å². The highest BCUT2D eigenvalue weighted by Gasteiger charge is 2.13. The van der Waals surface area contributed by atoms with Crippen molar-refractivity contribution in [2.45, 2.75) is 13.5 Å². The zero-order valence-corrected chi connectivity index (χ0v) is 10.1. The maximum absolute atomic E-state index is 11.4. The minimum absolute atomic E-state index is 0.0359. The lowest BCUT2D eigenvalue weighted by Crippen LogP contribution is -2.33. The Morgan fingerprint density at radius 3 is 3.07 bits per heavy atom. The number of aliphatic hydroxyl groups excluding tert-OH is 1. The van der Waals surface area contributed by atoms with Crippen molar-refractivity contribution in [3.63, 3.8) is 0 Å². The molecule has 0 aromatic carbocycles. The van der Waals surface area contributed by atoms with Crippen molar-refractivity contribution in [2.75, 3.05) is 13.2 Å². The van der Waals surface area contributed by atoms with Crippen molar-refractivity contribution < 1.29 is 9.90 Å². The minimum Gasteiger partial charge on any atom is -0.395 e. The molecule has 1 atom stereocenters. The van der Waals surface area contributed by atoms with Crippen LogP contribution in [-0.4, -0.2) is 33.9 Å². The van der Waals surface area contributed by atoms with Crippen LogP contribution in [0.25, 0.3) is 0 Å². The van der Waals surface area contributed by atoms with Crippen LogP contribution in [0.4, 0.5) is 0 Å². The molecule has 6 heteroatoms. The number of aromatic nitrogens is 2. The van der Waals surface area contributed by atoms with Crippen molar-refractivity contribution in [3.8, 4) is 0 Å². The van der Waals surface area contributed by atoms with Gasteiger partial charge in [-0.2, -0.15) is 5.10 Å². The third-order valence-corrected chi connectivity index (χ3v) is 2.33. The number of hydrogen-bond acceptors (Lipinski definition) is 3. The fraction of sp³-hybridized carbons (Fsp3) is 0.556. The molecule has 1 aromatic heterocycles. The number of hydrogen-bond donors (Lipinski definition) is 2. The molecular weight excluding hydrogens is 262 g/mol. The number of carbonyl (C=O) groups excluding carboxylic acids is 1. The topological polar surface area (TPSA) is 67.2 Å². The summed E-state index contributed by atoms with van der Waals surface area (Å²) in [5, 5.41) is 15.2. The van der Waals surface area contributed by atoms with Crippen molar-refractivity contribution in [3.05, 3.63) is 16.9 Å². The Morgan fingerprint density at radius 1 is 1.80 bits per heavy atom. The molecule has 1 amide bonds. The van der Waals surface area contributed by atoms with Crippen molar-refractivity contribution >= 4 is 21.8 Å². The molecule has 1 heterocycles. The Bertz CT molecular complexity index is 327. The summed E-state index contributed by atoms with van der Waals surface area (Å²) in [4.78, 5) is 11.4. The van der Waals surface area contributed by atoms with Gasteiger partial charge in [0.25, 0.3) is 0 Å². The second-order valence-corrected chi connectivity index (χ2v) is 4.21. The van der Waals surface area contributed by atoms with Gasteiger partial charge in [0.15, 0.2) is 0 Å². The molecule has 0 spiro atoms.